The third-order valence-corrected chi connectivity index (χ3v) is 2.52. The molecule has 2 aromatic rings. The number of carbonyl (C=O) groups excluding carboxylic acids is 1. The number of furan rings is 1. The summed E-state index contributed by atoms with van der Waals surface area (Å²) in [5.74, 6) is 1.18. The molecule has 0 saturated heterocycles. The van der Waals surface area contributed by atoms with Crippen molar-refractivity contribution >= 4 is 17.5 Å². The second kappa shape index (κ2) is 4.33. The number of amides is 1. The van der Waals surface area contributed by atoms with Crippen LogP contribution in [0.25, 0.3) is 0 Å². The van der Waals surface area contributed by atoms with Crippen LogP contribution in [0.5, 0.6) is 0 Å². The molecular formula is C13H14N2O2. The molecule has 0 radical (unpaired) electrons. The molecule has 1 aromatic heterocycles. The average molecular weight is 230 g/mol. The highest BCUT2D eigenvalue weighted by molar-refractivity contribution is 6.05. The monoisotopic (exact) mass is 230 g/mol. The molecule has 0 aliphatic rings. The van der Waals surface area contributed by atoms with Crippen LogP contribution in [0.1, 0.15) is 16.1 Å². The van der Waals surface area contributed by atoms with E-state index in [2.05, 4.69) is 0 Å². The number of nitrogen functional groups attached to an aromatic ring is 1. The second-order valence-electron chi connectivity index (χ2n) is 3.87. The maximum atomic E-state index is 12.1. The fourth-order valence-corrected chi connectivity index (χ4v) is 1.52. The Bertz CT molecular complexity index is 529. The van der Waals surface area contributed by atoms with E-state index < -0.39 is 0 Å². The van der Waals surface area contributed by atoms with Gasteiger partial charge in [0, 0.05) is 24.4 Å². The standard InChI is InChI=1S/C13H14N2O2/c1-9-3-8-12(17-9)15(2)13(16)10-4-6-11(14)7-5-10/h3-8H,14H2,1-2H3. The van der Waals surface area contributed by atoms with Gasteiger partial charge in [0.15, 0.2) is 0 Å². The number of hydrogen-bond donors (Lipinski definition) is 1. The lowest BCUT2D eigenvalue weighted by atomic mass is 10.2. The van der Waals surface area contributed by atoms with Gasteiger partial charge in [-0.2, -0.15) is 0 Å². The molecule has 0 aliphatic heterocycles. The summed E-state index contributed by atoms with van der Waals surface area (Å²) in [6.07, 6.45) is 0. The van der Waals surface area contributed by atoms with Gasteiger partial charge in [0.25, 0.3) is 5.91 Å². The van der Waals surface area contributed by atoms with Crippen LogP contribution in [0.4, 0.5) is 11.6 Å². The van der Waals surface area contributed by atoms with Crippen molar-refractivity contribution in [3.05, 3.63) is 47.7 Å². The first-order valence-electron chi connectivity index (χ1n) is 5.28. The minimum absolute atomic E-state index is 0.126. The number of carbonyl (C=O) groups is 1. The molecule has 0 atom stereocenters. The van der Waals surface area contributed by atoms with Gasteiger partial charge in [-0.3, -0.25) is 9.69 Å². The van der Waals surface area contributed by atoms with Crippen molar-refractivity contribution in [2.75, 3.05) is 17.7 Å². The molecule has 0 spiro atoms. The van der Waals surface area contributed by atoms with Crippen LogP contribution < -0.4 is 10.6 Å². The van der Waals surface area contributed by atoms with E-state index in [1.54, 1.807) is 37.4 Å². The van der Waals surface area contributed by atoms with E-state index in [4.69, 9.17) is 10.2 Å². The first-order chi connectivity index (χ1) is 8.08. The van der Waals surface area contributed by atoms with E-state index in [1.165, 1.54) is 4.90 Å². The third kappa shape index (κ3) is 2.30. The van der Waals surface area contributed by atoms with Gasteiger partial charge in [0.05, 0.1) is 0 Å². The van der Waals surface area contributed by atoms with E-state index in [0.29, 0.717) is 17.1 Å². The molecule has 2 N–H and O–H groups in total. The Balaban J connectivity index is 2.23. The van der Waals surface area contributed by atoms with Crippen molar-refractivity contribution < 1.29 is 9.21 Å². The Morgan fingerprint density at radius 1 is 1.18 bits per heavy atom. The number of aryl methyl sites for hydroxylation is 1. The molecule has 0 aliphatic carbocycles. The molecule has 2 rings (SSSR count). The Morgan fingerprint density at radius 2 is 1.82 bits per heavy atom. The molecule has 1 amide bonds. The molecule has 1 heterocycles. The Morgan fingerprint density at radius 3 is 2.35 bits per heavy atom. The lowest BCUT2D eigenvalue weighted by Gasteiger charge is -2.13. The van der Waals surface area contributed by atoms with Crippen LogP contribution in [-0.2, 0) is 0 Å². The minimum Gasteiger partial charge on any atom is -0.445 e. The number of nitrogens with two attached hydrogens (primary N) is 1. The molecule has 0 bridgehead atoms. The molecule has 4 heteroatoms. The second-order valence-corrected chi connectivity index (χ2v) is 3.87. The highest BCUT2D eigenvalue weighted by Gasteiger charge is 2.15. The van der Waals surface area contributed by atoms with Crippen molar-refractivity contribution in [2.24, 2.45) is 0 Å². The summed E-state index contributed by atoms with van der Waals surface area (Å²) in [6.45, 7) is 1.84. The third-order valence-electron chi connectivity index (χ3n) is 2.52. The zero-order valence-corrected chi connectivity index (χ0v) is 9.81. The van der Waals surface area contributed by atoms with Gasteiger partial charge in [-0.15, -0.1) is 0 Å². The Hall–Kier alpha value is -2.23. The first kappa shape index (κ1) is 11.3. The van der Waals surface area contributed by atoms with Gasteiger partial charge >= 0.3 is 0 Å². The highest BCUT2D eigenvalue weighted by atomic mass is 16.4. The molecule has 0 saturated carbocycles. The highest BCUT2D eigenvalue weighted by Crippen LogP contribution is 2.19. The number of nitrogens with zero attached hydrogens (tertiary/aromatic N) is 1. The van der Waals surface area contributed by atoms with Gasteiger partial charge in [-0.05, 0) is 37.3 Å². The van der Waals surface area contributed by atoms with Crippen molar-refractivity contribution in [1.82, 2.24) is 0 Å². The number of benzene rings is 1. The fourth-order valence-electron chi connectivity index (χ4n) is 1.52. The smallest absolute Gasteiger partial charge is 0.260 e. The van der Waals surface area contributed by atoms with Crippen LogP contribution in [0.2, 0.25) is 0 Å². The summed E-state index contributed by atoms with van der Waals surface area (Å²) in [5.41, 5.74) is 6.79. The van der Waals surface area contributed by atoms with Crippen LogP contribution in [0, 0.1) is 6.92 Å². The van der Waals surface area contributed by atoms with E-state index in [0.717, 1.165) is 5.76 Å². The van der Waals surface area contributed by atoms with Gasteiger partial charge in [-0.1, -0.05) is 0 Å². The van der Waals surface area contributed by atoms with Crippen molar-refractivity contribution in [3.8, 4) is 0 Å². The van der Waals surface area contributed by atoms with Gasteiger partial charge in [0.2, 0.25) is 5.88 Å². The Kier molecular flexibility index (Phi) is 2.87. The van der Waals surface area contributed by atoms with Crippen LogP contribution in [0.3, 0.4) is 0 Å². The minimum atomic E-state index is -0.126. The summed E-state index contributed by atoms with van der Waals surface area (Å²) in [7, 11) is 1.68. The fraction of sp³-hybridized carbons (Fsp3) is 0.154. The van der Waals surface area contributed by atoms with E-state index in [-0.39, 0.29) is 5.91 Å². The Labute approximate surface area is 99.6 Å². The normalized spacial score (nSPS) is 10.2. The van der Waals surface area contributed by atoms with Gasteiger partial charge < -0.3 is 10.2 Å². The maximum absolute atomic E-state index is 12.1. The van der Waals surface area contributed by atoms with Gasteiger partial charge in [-0.25, -0.2) is 0 Å². The number of anilines is 2. The molecule has 0 fully saturated rings. The zero-order valence-electron chi connectivity index (χ0n) is 9.81. The van der Waals surface area contributed by atoms with Crippen molar-refractivity contribution in [1.29, 1.82) is 0 Å². The average Bonchev–Trinajstić information content (AvgIpc) is 2.75. The molecule has 4 nitrogen and oxygen atoms in total. The van der Waals surface area contributed by atoms with Crippen LogP contribution >= 0.6 is 0 Å². The largest absolute Gasteiger partial charge is 0.445 e. The molecular weight excluding hydrogens is 216 g/mol. The lowest BCUT2D eigenvalue weighted by molar-refractivity contribution is 0.0989. The predicted molar refractivity (Wildman–Crippen MR) is 67.0 cm³/mol. The number of rotatable bonds is 2. The van der Waals surface area contributed by atoms with E-state index >= 15 is 0 Å². The summed E-state index contributed by atoms with van der Waals surface area (Å²) >= 11 is 0. The summed E-state index contributed by atoms with van der Waals surface area (Å²) in [6, 6.07) is 10.4. The molecule has 88 valence electrons. The topological polar surface area (TPSA) is 59.5 Å². The maximum Gasteiger partial charge on any atom is 0.260 e. The van der Waals surface area contributed by atoms with E-state index in [1.807, 2.05) is 13.0 Å². The zero-order chi connectivity index (χ0) is 12.4. The van der Waals surface area contributed by atoms with E-state index in [9.17, 15) is 4.79 Å². The number of hydrogen-bond acceptors (Lipinski definition) is 3. The van der Waals surface area contributed by atoms with Crippen LogP contribution in [0.15, 0.2) is 40.8 Å². The molecule has 1 aromatic carbocycles. The quantitative estimate of drug-likeness (QED) is 0.806. The predicted octanol–water partition coefficient (Wildman–Crippen LogP) is 2.45. The summed E-state index contributed by atoms with van der Waals surface area (Å²) in [4.78, 5) is 13.6. The summed E-state index contributed by atoms with van der Waals surface area (Å²) in [5, 5.41) is 0. The molecule has 0 unspecified atom stereocenters. The first-order valence-corrected chi connectivity index (χ1v) is 5.28. The summed E-state index contributed by atoms with van der Waals surface area (Å²) < 4.78 is 5.39. The van der Waals surface area contributed by atoms with Gasteiger partial charge in [0.1, 0.15) is 5.76 Å². The molecule has 17 heavy (non-hydrogen) atoms. The van der Waals surface area contributed by atoms with Crippen molar-refractivity contribution in [3.63, 3.8) is 0 Å². The van der Waals surface area contributed by atoms with Crippen molar-refractivity contribution in [2.45, 2.75) is 6.92 Å². The van der Waals surface area contributed by atoms with Crippen LogP contribution in [-0.4, -0.2) is 13.0 Å². The SMILES string of the molecule is Cc1ccc(N(C)C(=O)c2ccc(N)cc2)o1. The lowest BCUT2D eigenvalue weighted by Crippen LogP contribution is -2.25.